The summed E-state index contributed by atoms with van der Waals surface area (Å²) in [6.45, 7) is 1.18. The first-order valence-electron chi connectivity index (χ1n) is 4.51. The Hall–Kier alpha value is -1.68. The van der Waals surface area contributed by atoms with Crippen LogP contribution in [-0.2, 0) is 13.1 Å². The summed E-state index contributed by atoms with van der Waals surface area (Å²) in [6, 6.07) is 10.1. The zero-order valence-corrected chi connectivity index (χ0v) is 7.80. The average molecular weight is 188 g/mol. The molecule has 1 heterocycles. The zero-order valence-electron chi connectivity index (χ0n) is 7.80. The molecule has 1 aromatic heterocycles. The molecule has 0 aliphatic rings. The number of rotatable bonds is 3. The second kappa shape index (κ2) is 4.02. The van der Waals surface area contributed by atoms with E-state index in [9.17, 15) is 0 Å². The van der Waals surface area contributed by atoms with E-state index >= 15 is 0 Å². The molecular weight excluding hydrogens is 176 g/mol. The van der Waals surface area contributed by atoms with Crippen molar-refractivity contribution in [2.45, 2.75) is 13.1 Å². The van der Waals surface area contributed by atoms with Gasteiger partial charge in [0.25, 0.3) is 0 Å². The van der Waals surface area contributed by atoms with Gasteiger partial charge < -0.3 is 5.73 Å². The molecule has 0 spiro atoms. The van der Waals surface area contributed by atoms with Gasteiger partial charge in [-0.2, -0.15) is 0 Å². The number of aromatic nitrogens is 3. The highest BCUT2D eigenvalue weighted by Crippen LogP contribution is 2.01. The van der Waals surface area contributed by atoms with Crippen LogP contribution in [0.3, 0.4) is 0 Å². The predicted octanol–water partition coefficient (Wildman–Crippen LogP) is 0.785. The maximum atomic E-state index is 5.44. The first kappa shape index (κ1) is 8.90. The van der Waals surface area contributed by atoms with Crippen LogP contribution in [0, 0.1) is 0 Å². The van der Waals surface area contributed by atoms with Gasteiger partial charge in [0, 0.05) is 6.54 Å². The van der Waals surface area contributed by atoms with E-state index in [1.165, 1.54) is 5.56 Å². The van der Waals surface area contributed by atoms with Crippen molar-refractivity contribution in [2.75, 3.05) is 0 Å². The van der Waals surface area contributed by atoms with Gasteiger partial charge in [0.2, 0.25) is 0 Å². The van der Waals surface area contributed by atoms with Gasteiger partial charge in [0.05, 0.1) is 18.4 Å². The quantitative estimate of drug-likeness (QED) is 0.774. The summed E-state index contributed by atoms with van der Waals surface area (Å²) in [4.78, 5) is 0. The summed E-state index contributed by atoms with van der Waals surface area (Å²) < 4.78 is 1.79. The smallest absolute Gasteiger partial charge is 0.0962 e. The molecule has 2 aromatic rings. The Balaban J connectivity index is 2.11. The Morgan fingerprint density at radius 3 is 2.64 bits per heavy atom. The third-order valence-electron chi connectivity index (χ3n) is 1.98. The van der Waals surface area contributed by atoms with Crippen molar-refractivity contribution in [3.8, 4) is 0 Å². The highest BCUT2D eigenvalue weighted by Gasteiger charge is 1.98. The number of nitrogens with zero attached hydrogens (tertiary/aromatic N) is 3. The van der Waals surface area contributed by atoms with Gasteiger partial charge in [-0.3, -0.25) is 0 Å². The lowest BCUT2D eigenvalue weighted by Crippen LogP contribution is -2.00. The van der Waals surface area contributed by atoms with E-state index in [0.29, 0.717) is 6.54 Å². The van der Waals surface area contributed by atoms with E-state index in [-0.39, 0.29) is 0 Å². The highest BCUT2D eigenvalue weighted by molar-refractivity contribution is 5.14. The van der Waals surface area contributed by atoms with Crippen LogP contribution in [0.4, 0.5) is 0 Å². The van der Waals surface area contributed by atoms with Crippen LogP contribution in [0.15, 0.2) is 36.5 Å². The second-order valence-corrected chi connectivity index (χ2v) is 3.10. The van der Waals surface area contributed by atoms with Crippen LogP contribution in [0.1, 0.15) is 11.3 Å². The molecule has 4 heteroatoms. The molecule has 0 unspecified atom stereocenters. The molecule has 0 saturated heterocycles. The van der Waals surface area contributed by atoms with Gasteiger partial charge in [-0.25, -0.2) is 4.68 Å². The van der Waals surface area contributed by atoms with Gasteiger partial charge in [0.1, 0.15) is 0 Å². The molecule has 2 rings (SSSR count). The van der Waals surface area contributed by atoms with Crippen molar-refractivity contribution in [3.63, 3.8) is 0 Å². The summed E-state index contributed by atoms with van der Waals surface area (Å²) in [6.07, 6.45) is 1.87. The Kier molecular flexibility index (Phi) is 2.55. The van der Waals surface area contributed by atoms with Gasteiger partial charge in [-0.1, -0.05) is 35.5 Å². The lowest BCUT2D eigenvalue weighted by Gasteiger charge is -1.98. The number of benzene rings is 1. The molecule has 4 nitrogen and oxygen atoms in total. The van der Waals surface area contributed by atoms with Gasteiger partial charge in [-0.15, -0.1) is 5.10 Å². The van der Waals surface area contributed by atoms with E-state index in [0.717, 1.165) is 12.2 Å². The minimum atomic E-state index is 0.439. The fourth-order valence-corrected chi connectivity index (χ4v) is 1.28. The van der Waals surface area contributed by atoms with Crippen LogP contribution in [-0.4, -0.2) is 15.0 Å². The molecule has 0 atom stereocenters. The molecular formula is C10H12N4. The summed E-state index contributed by atoms with van der Waals surface area (Å²) >= 11 is 0. The largest absolute Gasteiger partial charge is 0.325 e. The van der Waals surface area contributed by atoms with Crippen LogP contribution in [0.5, 0.6) is 0 Å². The Morgan fingerprint density at radius 1 is 1.21 bits per heavy atom. The Labute approximate surface area is 82.4 Å². The predicted molar refractivity (Wildman–Crippen MR) is 53.5 cm³/mol. The lowest BCUT2D eigenvalue weighted by atomic mass is 10.2. The van der Waals surface area contributed by atoms with E-state index in [4.69, 9.17) is 5.73 Å². The Morgan fingerprint density at radius 2 is 2.00 bits per heavy atom. The highest BCUT2D eigenvalue weighted by atomic mass is 15.4. The van der Waals surface area contributed by atoms with Gasteiger partial charge in [0.15, 0.2) is 0 Å². The first-order valence-corrected chi connectivity index (χ1v) is 4.51. The molecule has 0 bridgehead atoms. The van der Waals surface area contributed by atoms with Crippen molar-refractivity contribution >= 4 is 0 Å². The molecule has 0 aliphatic heterocycles. The molecule has 0 fully saturated rings. The summed E-state index contributed by atoms with van der Waals surface area (Å²) in [5.41, 5.74) is 7.47. The SMILES string of the molecule is NCc1cn(Cc2ccccc2)nn1. The van der Waals surface area contributed by atoms with Crippen LogP contribution in [0.2, 0.25) is 0 Å². The van der Waals surface area contributed by atoms with Crippen LogP contribution in [0.25, 0.3) is 0 Å². The zero-order chi connectivity index (χ0) is 9.80. The van der Waals surface area contributed by atoms with Crippen molar-refractivity contribution < 1.29 is 0 Å². The molecule has 0 radical (unpaired) electrons. The van der Waals surface area contributed by atoms with Crippen molar-refractivity contribution in [2.24, 2.45) is 5.73 Å². The van der Waals surface area contributed by atoms with Crippen LogP contribution >= 0.6 is 0 Å². The minimum Gasteiger partial charge on any atom is -0.325 e. The fourth-order valence-electron chi connectivity index (χ4n) is 1.28. The van der Waals surface area contributed by atoms with Gasteiger partial charge >= 0.3 is 0 Å². The van der Waals surface area contributed by atoms with E-state index in [2.05, 4.69) is 22.4 Å². The van der Waals surface area contributed by atoms with E-state index in [1.54, 1.807) is 4.68 Å². The molecule has 14 heavy (non-hydrogen) atoms. The van der Waals surface area contributed by atoms with Crippen molar-refractivity contribution in [3.05, 3.63) is 47.8 Å². The third-order valence-corrected chi connectivity index (χ3v) is 1.98. The lowest BCUT2D eigenvalue weighted by molar-refractivity contribution is 0.649. The average Bonchev–Trinajstić information content (AvgIpc) is 2.67. The fraction of sp³-hybridized carbons (Fsp3) is 0.200. The summed E-state index contributed by atoms with van der Waals surface area (Å²) in [5, 5.41) is 7.89. The topological polar surface area (TPSA) is 56.7 Å². The van der Waals surface area contributed by atoms with E-state index < -0.39 is 0 Å². The molecule has 2 N–H and O–H groups in total. The number of nitrogens with two attached hydrogens (primary N) is 1. The maximum absolute atomic E-state index is 5.44. The molecule has 0 saturated carbocycles. The molecule has 0 amide bonds. The second-order valence-electron chi connectivity index (χ2n) is 3.10. The van der Waals surface area contributed by atoms with Crippen molar-refractivity contribution in [1.29, 1.82) is 0 Å². The van der Waals surface area contributed by atoms with Crippen molar-refractivity contribution in [1.82, 2.24) is 15.0 Å². The maximum Gasteiger partial charge on any atom is 0.0962 e. The molecule has 0 aliphatic carbocycles. The normalized spacial score (nSPS) is 10.4. The Bertz CT molecular complexity index is 394. The molecule has 1 aromatic carbocycles. The molecule has 72 valence electrons. The third kappa shape index (κ3) is 1.97. The van der Waals surface area contributed by atoms with Crippen LogP contribution < -0.4 is 5.73 Å². The summed E-state index contributed by atoms with van der Waals surface area (Å²) in [7, 11) is 0. The standard InChI is InChI=1S/C10H12N4/c11-6-10-8-14(13-12-10)7-9-4-2-1-3-5-9/h1-5,8H,6-7,11H2. The summed E-state index contributed by atoms with van der Waals surface area (Å²) in [5.74, 6) is 0. The number of hydrogen-bond donors (Lipinski definition) is 1. The first-order chi connectivity index (χ1) is 6.88. The monoisotopic (exact) mass is 188 g/mol. The van der Waals surface area contributed by atoms with Gasteiger partial charge in [-0.05, 0) is 5.56 Å². The minimum absolute atomic E-state index is 0.439. The number of hydrogen-bond acceptors (Lipinski definition) is 3. The van der Waals surface area contributed by atoms with E-state index in [1.807, 2.05) is 24.4 Å².